The van der Waals surface area contributed by atoms with Gasteiger partial charge in [0.1, 0.15) is 23.1 Å². The average Bonchev–Trinajstić information content (AvgIpc) is 3.99. The zero-order chi connectivity index (χ0) is 34.4. The molecule has 4 aliphatic rings. The number of amides is 1. The molecule has 256 valence electrons. The van der Waals surface area contributed by atoms with Gasteiger partial charge in [0.15, 0.2) is 0 Å². The van der Waals surface area contributed by atoms with Crippen LogP contribution in [0.15, 0.2) is 63.9 Å². The molecular weight excluding hydrogens is 672 g/mol. The minimum atomic E-state index is -0.708. The molecule has 7 heterocycles. The van der Waals surface area contributed by atoms with Crippen molar-refractivity contribution in [3.05, 3.63) is 105 Å². The largest absolute Gasteiger partial charge is 0.496 e. The van der Waals surface area contributed by atoms with E-state index in [0.29, 0.717) is 47.7 Å². The molecule has 4 aromatic heterocycles. The highest BCUT2D eigenvalue weighted by Gasteiger charge is 2.45. The Kier molecular flexibility index (Phi) is 6.82. The van der Waals surface area contributed by atoms with Gasteiger partial charge in [-0.2, -0.15) is 0 Å². The lowest BCUT2D eigenvalue weighted by Crippen LogP contribution is -2.22. The van der Waals surface area contributed by atoms with Gasteiger partial charge >= 0.3 is 5.76 Å². The van der Waals surface area contributed by atoms with Crippen LogP contribution in [0.4, 0.5) is 10.2 Å². The molecule has 2 aromatic carbocycles. The molecule has 2 N–H and O–H groups in total. The minimum absolute atomic E-state index is 0.0585. The fourth-order valence-electron chi connectivity index (χ4n) is 8.48. The lowest BCUT2D eigenvalue weighted by atomic mass is 9.89. The third kappa shape index (κ3) is 4.70. The lowest BCUT2D eigenvalue weighted by Gasteiger charge is -2.18. The second-order valence-electron chi connectivity index (χ2n) is 13.5. The van der Waals surface area contributed by atoms with E-state index in [2.05, 4.69) is 27.6 Å². The Bertz CT molecular complexity index is 2470. The number of fused-ring (bicyclic) bond motifs is 6. The van der Waals surface area contributed by atoms with Crippen LogP contribution in [0.3, 0.4) is 0 Å². The molecule has 13 heteroatoms. The molecule has 0 saturated carbocycles. The monoisotopic (exact) mass is 702 g/mol. The molecule has 0 bridgehead atoms. The average molecular weight is 703 g/mol. The standard InChI is InChI=1S/C38H31FN6O5S/c1-48-27-6-2-4-22-23(27)9-10-24(22)42-35-34-18(11-12-40-35)15-29(51-34)31-30(36-43-44-38(47)50-36)25(14-19-17-49-28-16-20(39)7-8-21(19)28)41-33-26-5-3-13-45(26)37(46)32(31)33/h2,4,6-8,11-12,15-16,19,24,26H,3,5,9-10,13-14,17H2,1H3,(H,40,42)(H,44,47)/t19-,24+,26-/m1/s1. The van der Waals surface area contributed by atoms with Crippen LogP contribution in [0.5, 0.6) is 11.5 Å². The maximum absolute atomic E-state index is 14.3. The third-order valence-corrected chi connectivity index (χ3v) is 11.9. The van der Waals surface area contributed by atoms with Crippen molar-refractivity contribution in [2.45, 2.75) is 50.1 Å². The maximum atomic E-state index is 14.3. The number of methoxy groups -OCH3 is 1. The quantitative estimate of drug-likeness (QED) is 0.181. The first-order chi connectivity index (χ1) is 24.9. The number of H-pyrrole nitrogens is 1. The van der Waals surface area contributed by atoms with E-state index in [1.165, 1.54) is 34.6 Å². The first-order valence-corrected chi connectivity index (χ1v) is 17.9. The number of anilines is 1. The number of hydrogen-bond acceptors (Lipinski definition) is 10. The summed E-state index contributed by atoms with van der Waals surface area (Å²) >= 11 is 1.53. The van der Waals surface area contributed by atoms with Crippen LogP contribution in [0.25, 0.3) is 32.0 Å². The minimum Gasteiger partial charge on any atom is -0.496 e. The van der Waals surface area contributed by atoms with Crippen molar-refractivity contribution < 1.29 is 23.1 Å². The summed E-state index contributed by atoms with van der Waals surface area (Å²) in [6.45, 7) is 0.986. The predicted molar refractivity (Wildman–Crippen MR) is 188 cm³/mol. The number of thiophene rings is 1. The number of nitrogens with zero attached hydrogens (tertiary/aromatic N) is 4. The number of carbonyl (C=O) groups excluding carboxylic acids is 1. The van der Waals surface area contributed by atoms with Crippen molar-refractivity contribution in [1.82, 2.24) is 25.1 Å². The summed E-state index contributed by atoms with van der Waals surface area (Å²) < 4.78 is 32.2. The highest BCUT2D eigenvalue weighted by Crippen LogP contribution is 2.51. The van der Waals surface area contributed by atoms with Crippen molar-refractivity contribution >= 4 is 33.1 Å². The number of pyridine rings is 2. The van der Waals surface area contributed by atoms with Gasteiger partial charge in [0, 0.05) is 47.2 Å². The number of ether oxygens (including phenoxy) is 2. The van der Waals surface area contributed by atoms with Crippen molar-refractivity contribution in [1.29, 1.82) is 0 Å². The van der Waals surface area contributed by atoms with Gasteiger partial charge in [0.25, 0.3) is 11.8 Å². The van der Waals surface area contributed by atoms with Gasteiger partial charge in [-0.1, -0.05) is 18.2 Å². The van der Waals surface area contributed by atoms with Crippen LogP contribution in [-0.4, -0.2) is 51.2 Å². The lowest BCUT2D eigenvalue weighted by molar-refractivity contribution is 0.0776. The summed E-state index contributed by atoms with van der Waals surface area (Å²) in [6.07, 6.45) is 5.71. The van der Waals surface area contributed by atoms with Gasteiger partial charge < -0.3 is 24.1 Å². The maximum Gasteiger partial charge on any atom is 0.434 e. The Labute approximate surface area is 294 Å². The van der Waals surface area contributed by atoms with Crippen LogP contribution in [0.2, 0.25) is 0 Å². The molecular formula is C38H31FN6O5S. The zero-order valence-electron chi connectivity index (χ0n) is 27.5. The number of aromatic nitrogens is 4. The summed E-state index contributed by atoms with van der Waals surface area (Å²) in [5.41, 5.74) is 6.30. The Morgan fingerprint density at radius 2 is 2.02 bits per heavy atom. The molecule has 51 heavy (non-hydrogen) atoms. The summed E-state index contributed by atoms with van der Waals surface area (Å²) in [4.78, 5) is 39.4. The number of aromatic amines is 1. The topological polar surface area (TPSA) is 135 Å². The van der Waals surface area contributed by atoms with E-state index in [0.717, 1.165) is 63.5 Å². The number of benzene rings is 2. The van der Waals surface area contributed by atoms with Crippen LogP contribution < -0.4 is 20.5 Å². The van der Waals surface area contributed by atoms with E-state index in [9.17, 15) is 14.0 Å². The molecule has 11 nitrogen and oxygen atoms in total. The highest BCUT2D eigenvalue weighted by atomic mass is 32.1. The molecule has 1 amide bonds. The second kappa shape index (κ2) is 11.5. The Balaban J connectivity index is 1.15. The van der Waals surface area contributed by atoms with Crippen LogP contribution in [0, 0.1) is 5.82 Å². The Morgan fingerprint density at radius 1 is 1.10 bits per heavy atom. The van der Waals surface area contributed by atoms with Crippen LogP contribution in [-0.2, 0) is 12.8 Å². The van der Waals surface area contributed by atoms with Gasteiger partial charge in [0.2, 0.25) is 0 Å². The van der Waals surface area contributed by atoms with E-state index >= 15 is 0 Å². The van der Waals surface area contributed by atoms with Gasteiger partial charge in [-0.05, 0) is 66.5 Å². The summed E-state index contributed by atoms with van der Waals surface area (Å²) in [5, 5.41) is 11.4. The summed E-state index contributed by atoms with van der Waals surface area (Å²) in [5.74, 6) is 0.909. The first-order valence-electron chi connectivity index (χ1n) is 17.1. The van der Waals surface area contributed by atoms with Gasteiger partial charge in [-0.15, -0.1) is 16.4 Å². The SMILES string of the molecule is COc1cccc2c1CC[C@@H]2Nc1nccc2cc(-c3c4c(nc(C[C@@H]5COc6cc(F)ccc65)c3-c3n[nH]c(=O)o3)[C@H]3CCCN3C4=O)sc12. The number of halogens is 1. The van der Waals surface area contributed by atoms with Crippen molar-refractivity contribution in [2.75, 3.05) is 25.6 Å². The van der Waals surface area contributed by atoms with Gasteiger partial charge in [0.05, 0.1) is 53.0 Å². The Hall–Kier alpha value is -5.56. The zero-order valence-corrected chi connectivity index (χ0v) is 28.3. The molecule has 1 saturated heterocycles. The van der Waals surface area contributed by atoms with E-state index in [-0.39, 0.29) is 35.6 Å². The van der Waals surface area contributed by atoms with Crippen LogP contribution in [0.1, 0.15) is 75.7 Å². The van der Waals surface area contributed by atoms with Crippen molar-refractivity contribution in [2.24, 2.45) is 0 Å². The normalized spacial score (nSPS) is 20.0. The Morgan fingerprint density at radius 3 is 2.88 bits per heavy atom. The molecule has 10 rings (SSSR count). The third-order valence-electron chi connectivity index (χ3n) is 10.7. The predicted octanol–water partition coefficient (Wildman–Crippen LogP) is 6.96. The summed E-state index contributed by atoms with van der Waals surface area (Å²) in [6, 6.07) is 14.7. The van der Waals surface area contributed by atoms with E-state index in [1.54, 1.807) is 19.4 Å². The first kappa shape index (κ1) is 30.3. The number of carbonyl (C=O) groups is 1. The fourth-order valence-corrected chi connectivity index (χ4v) is 9.65. The van der Waals surface area contributed by atoms with E-state index < -0.39 is 5.76 Å². The second-order valence-corrected chi connectivity index (χ2v) is 14.5. The molecule has 1 fully saturated rings. The van der Waals surface area contributed by atoms with Gasteiger partial charge in [-0.25, -0.2) is 19.3 Å². The molecule has 3 aliphatic heterocycles. The van der Waals surface area contributed by atoms with Gasteiger partial charge in [-0.3, -0.25) is 9.78 Å². The molecule has 3 atom stereocenters. The van der Waals surface area contributed by atoms with Crippen molar-refractivity contribution in [3.8, 4) is 33.4 Å². The molecule has 0 radical (unpaired) electrons. The molecule has 0 unspecified atom stereocenters. The highest BCUT2D eigenvalue weighted by molar-refractivity contribution is 7.23. The fraction of sp³-hybridized carbons (Fsp3) is 0.289. The van der Waals surface area contributed by atoms with Crippen molar-refractivity contribution in [3.63, 3.8) is 0 Å². The number of rotatable bonds is 7. The smallest absolute Gasteiger partial charge is 0.434 e. The van der Waals surface area contributed by atoms with E-state index in [1.807, 2.05) is 23.1 Å². The van der Waals surface area contributed by atoms with E-state index in [4.69, 9.17) is 23.9 Å². The molecule has 0 spiro atoms. The van der Waals surface area contributed by atoms with Crippen LogP contribution >= 0.6 is 11.3 Å². The number of nitrogens with one attached hydrogen (secondary N) is 2. The molecule has 1 aliphatic carbocycles. The number of hydrogen-bond donors (Lipinski definition) is 2. The summed E-state index contributed by atoms with van der Waals surface area (Å²) in [7, 11) is 1.70. The molecule has 6 aromatic rings.